The van der Waals surface area contributed by atoms with Crippen LogP contribution in [0, 0.1) is 0 Å². The quantitative estimate of drug-likeness (QED) is 0.624. The second-order valence-corrected chi connectivity index (χ2v) is 6.68. The molecule has 0 fully saturated rings. The van der Waals surface area contributed by atoms with Gasteiger partial charge in [0.2, 0.25) is 6.79 Å². The molecule has 3 aromatic rings. The highest BCUT2D eigenvalue weighted by Crippen LogP contribution is 2.39. The van der Waals surface area contributed by atoms with E-state index in [1.807, 2.05) is 18.2 Å². The van der Waals surface area contributed by atoms with Gasteiger partial charge in [0.1, 0.15) is 11.3 Å². The van der Waals surface area contributed by atoms with Gasteiger partial charge < -0.3 is 13.9 Å². The highest BCUT2D eigenvalue weighted by molar-refractivity contribution is 5.86. The van der Waals surface area contributed by atoms with Crippen molar-refractivity contribution in [1.29, 1.82) is 0 Å². The lowest BCUT2D eigenvalue weighted by molar-refractivity contribution is 0.174. The molecular formula is C19H18O3. The summed E-state index contributed by atoms with van der Waals surface area (Å²) in [4.78, 5) is 0. The Hall–Kier alpha value is -2.42. The lowest BCUT2D eigenvalue weighted by Crippen LogP contribution is -2.10. The molecule has 3 nitrogen and oxygen atoms in total. The van der Waals surface area contributed by atoms with Crippen LogP contribution in [0.15, 0.2) is 46.9 Å². The molecule has 0 N–H and O–H groups in total. The molecule has 0 spiro atoms. The maximum atomic E-state index is 5.97. The molecule has 3 heteroatoms. The number of ether oxygens (including phenoxy) is 2. The summed E-state index contributed by atoms with van der Waals surface area (Å²) in [6.45, 7) is 6.92. The lowest BCUT2D eigenvalue weighted by atomic mass is 9.86. The molecule has 112 valence electrons. The average Bonchev–Trinajstić information content (AvgIpc) is 3.09. The van der Waals surface area contributed by atoms with E-state index in [0.29, 0.717) is 0 Å². The Morgan fingerprint density at radius 3 is 2.23 bits per heavy atom. The van der Waals surface area contributed by atoms with E-state index in [4.69, 9.17) is 13.9 Å². The van der Waals surface area contributed by atoms with Gasteiger partial charge in [-0.3, -0.25) is 0 Å². The van der Waals surface area contributed by atoms with Crippen molar-refractivity contribution >= 4 is 11.0 Å². The van der Waals surface area contributed by atoms with Crippen LogP contribution in [0.3, 0.4) is 0 Å². The lowest BCUT2D eigenvalue weighted by Gasteiger charge is -2.18. The van der Waals surface area contributed by atoms with Crippen LogP contribution >= 0.6 is 0 Å². The van der Waals surface area contributed by atoms with Gasteiger partial charge in [-0.1, -0.05) is 45.0 Å². The Labute approximate surface area is 129 Å². The van der Waals surface area contributed by atoms with Crippen LogP contribution < -0.4 is 9.47 Å². The first-order valence-electron chi connectivity index (χ1n) is 7.45. The number of furan rings is 1. The molecule has 0 aliphatic carbocycles. The highest BCUT2D eigenvalue weighted by Gasteiger charge is 2.18. The van der Waals surface area contributed by atoms with E-state index in [-0.39, 0.29) is 12.2 Å². The summed E-state index contributed by atoms with van der Waals surface area (Å²) >= 11 is 0. The molecule has 0 amide bonds. The summed E-state index contributed by atoms with van der Waals surface area (Å²) in [5.74, 6) is 2.39. The van der Waals surface area contributed by atoms with Crippen molar-refractivity contribution in [2.45, 2.75) is 26.2 Å². The Morgan fingerprint density at radius 2 is 1.55 bits per heavy atom. The molecule has 1 aliphatic heterocycles. The summed E-state index contributed by atoms with van der Waals surface area (Å²) in [6.07, 6.45) is 0. The first kappa shape index (κ1) is 13.3. The molecule has 1 aromatic heterocycles. The van der Waals surface area contributed by atoms with Gasteiger partial charge in [-0.15, -0.1) is 0 Å². The molecule has 1 aliphatic rings. The molecule has 0 radical (unpaired) electrons. The summed E-state index contributed by atoms with van der Waals surface area (Å²) < 4.78 is 16.8. The zero-order chi connectivity index (χ0) is 15.3. The molecular weight excluding hydrogens is 276 g/mol. The van der Waals surface area contributed by atoms with Gasteiger partial charge >= 0.3 is 0 Å². The molecule has 2 heterocycles. The number of fused-ring (bicyclic) bond motifs is 2. The Balaban J connectivity index is 1.75. The normalized spacial score (nSPS) is 13.8. The molecule has 4 rings (SSSR count). The average molecular weight is 294 g/mol. The fourth-order valence-corrected chi connectivity index (χ4v) is 2.71. The van der Waals surface area contributed by atoms with Crippen LogP contribution in [-0.2, 0) is 5.41 Å². The maximum absolute atomic E-state index is 5.97. The summed E-state index contributed by atoms with van der Waals surface area (Å²) in [5, 5.41) is 1.03. The van der Waals surface area contributed by atoms with Gasteiger partial charge in [0.15, 0.2) is 11.5 Å². The topological polar surface area (TPSA) is 31.6 Å². The van der Waals surface area contributed by atoms with E-state index >= 15 is 0 Å². The summed E-state index contributed by atoms with van der Waals surface area (Å²) in [5.41, 5.74) is 3.36. The first-order chi connectivity index (χ1) is 10.5. The zero-order valence-electron chi connectivity index (χ0n) is 13.0. The van der Waals surface area contributed by atoms with Gasteiger partial charge in [-0.2, -0.15) is 0 Å². The molecule has 0 bridgehead atoms. The van der Waals surface area contributed by atoms with Gasteiger partial charge in [0.25, 0.3) is 0 Å². The van der Waals surface area contributed by atoms with Crippen molar-refractivity contribution in [3.8, 4) is 22.8 Å². The number of benzene rings is 2. The van der Waals surface area contributed by atoms with Crippen molar-refractivity contribution < 1.29 is 13.9 Å². The predicted octanol–water partition coefficient (Wildman–Crippen LogP) is 5.13. The largest absolute Gasteiger partial charge is 0.456 e. The molecule has 2 aromatic carbocycles. The van der Waals surface area contributed by atoms with E-state index in [1.54, 1.807) is 0 Å². The van der Waals surface area contributed by atoms with E-state index in [9.17, 15) is 0 Å². The minimum atomic E-state index is 0.155. The van der Waals surface area contributed by atoms with Crippen LogP contribution in [-0.4, -0.2) is 6.79 Å². The zero-order valence-corrected chi connectivity index (χ0v) is 13.0. The van der Waals surface area contributed by atoms with Crippen LogP contribution in [0.2, 0.25) is 0 Å². The third kappa shape index (κ3) is 2.13. The fourth-order valence-electron chi connectivity index (χ4n) is 2.71. The second kappa shape index (κ2) is 4.54. The molecule has 0 atom stereocenters. The highest BCUT2D eigenvalue weighted by atomic mass is 16.7. The van der Waals surface area contributed by atoms with Crippen LogP contribution in [0.25, 0.3) is 22.3 Å². The fraction of sp³-hybridized carbons (Fsp3) is 0.263. The van der Waals surface area contributed by atoms with Crippen molar-refractivity contribution in [1.82, 2.24) is 0 Å². The van der Waals surface area contributed by atoms with Crippen molar-refractivity contribution in [2.24, 2.45) is 0 Å². The summed E-state index contributed by atoms with van der Waals surface area (Å²) in [7, 11) is 0. The SMILES string of the molecule is CC(C)(C)c1ccc(-c2cc3cc4c(cc3o2)OCO4)cc1. The number of rotatable bonds is 1. The second-order valence-electron chi connectivity index (χ2n) is 6.68. The van der Waals surface area contributed by atoms with Gasteiger partial charge in [0, 0.05) is 17.0 Å². The van der Waals surface area contributed by atoms with Gasteiger partial charge in [-0.05, 0) is 23.1 Å². The van der Waals surface area contributed by atoms with Crippen LogP contribution in [0.5, 0.6) is 11.5 Å². The number of hydrogen-bond donors (Lipinski definition) is 0. The minimum Gasteiger partial charge on any atom is -0.456 e. The summed E-state index contributed by atoms with van der Waals surface area (Å²) in [6, 6.07) is 14.4. The monoisotopic (exact) mass is 294 g/mol. The van der Waals surface area contributed by atoms with Gasteiger partial charge in [0.05, 0.1) is 0 Å². The van der Waals surface area contributed by atoms with Crippen LogP contribution in [0.4, 0.5) is 0 Å². The first-order valence-corrected chi connectivity index (χ1v) is 7.45. The Morgan fingerprint density at radius 1 is 0.864 bits per heavy atom. The van der Waals surface area contributed by atoms with Crippen molar-refractivity contribution in [3.05, 3.63) is 48.0 Å². The predicted molar refractivity (Wildman–Crippen MR) is 86.5 cm³/mol. The standard InChI is InChI=1S/C19H18O3/c1-19(2,3)14-6-4-12(5-7-14)15-8-13-9-17-18(21-11-20-17)10-16(13)22-15/h4-10H,11H2,1-3H3. The third-order valence-electron chi connectivity index (χ3n) is 4.05. The van der Waals surface area contributed by atoms with Gasteiger partial charge in [-0.25, -0.2) is 0 Å². The molecule has 0 saturated carbocycles. The maximum Gasteiger partial charge on any atom is 0.231 e. The van der Waals surface area contributed by atoms with E-state index < -0.39 is 0 Å². The third-order valence-corrected chi connectivity index (χ3v) is 4.05. The molecule has 0 saturated heterocycles. The Kier molecular flexibility index (Phi) is 2.73. The van der Waals surface area contributed by atoms with E-state index in [1.165, 1.54) is 5.56 Å². The molecule has 0 unspecified atom stereocenters. The molecule has 22 heavy (non-hydrogen) atoms. The van der Waals surface area contributed by atoms with Crippen LogP contribution in [0.1, 0.15) is 26.3 Å². The van der Waals surface area contributed by atoms with Crippen molar-refractivity contribution in [3.63, 3.8) is 0 Å². The van der Waals surface area contributed by atoms with E-state index in [2.05, 4.69) is 45.0 Å². The minimum absolute atomic E-state index is 0.155. The smallest absolute Gasteiger partial charge is 0.231 e. The Bertz CT molecular complexity index is 794. The van der Waals surface area contributed by atoms with E-state index in [0.717, 1.165) is 33.8 Å². The van der Waals surface area contributed by atoms with Crippen molar-refractivity contribution in [2.75, 3.05) is 6.79 Å². The number of hydrogen-bond acceptors (Lipinski definition) is 3.